The number of aromatic nitrogens is 2. The lowest BCUT2D eigenvalue weighted by Gasteiger charge is -2.31. The molecule has 1 saturated carbocycles. The first kappa shape index (κ1) is 19.5. The molecular formula is C23H28N4O2. The fraction of sp³-hybridized carbons (Fsp3) is 0.391. The molecule has 4 rings (SSSR count). The molecule has 2 aromatic carbocycles. The fourth-order valence-corrected chi connectivity index (χ4v) is 3.93. The van der Waals surface area contributed by atoms with Crippen LogP contribution >= 0.6 is 0 Å². The molecule has 1 aliphatic rings. The zero-order valence-corrected chi connectivity index (χ0v) is 16.8. The Labute approximate surface area is 171 Å². The maximum atomic E-state index is 9.18. The number of para-hydroxylation sites is 2. The quantitative estimate of drug-likeness (QED) is 0.616. The Morgan fingerprint density at radius 3 is 2.59 bits per heavy atom. The highest BCUT2D eigenvalue weighted by atomic mass is 16.5. The van der Waals surface area contributed by atoms with Crippen LogP contribution in [0.4, 0.5) is 17.5 Å². The standard InChI is InChI=1S/C23H28N4O2/c1-27(18-11-6-3-7-12-18)23-25-21-19(13-8-14-20(21)29-16-15-28)22(26-23)24-17-9-4-2-5-10-17/h2,4-5,8-10,13-14,18,28H,3,6-7,11-12,15-16H2,1H3,(H,24,25,26). The molecule has 0 spiro atoms. The van der Waals surface area contributed by atoms with Crippen molar-refractivity contribution in [1.82, 2.24) is 9.97 Å². The van der Waals surface area contributed by atoms with E-state index in [2.05, 4.69) is 17.3 Å². The van der Waals surface area contributed by atoms with Gasteiger partial charge >= 0.3 is 0 Å². The zero-order valence-electron chi connectivity index (χ0n) is 16.8. The highest BCUT2D eigenvalue weighted by Crippen LogP contribution is 2.33. The van der Waals surface area contributed by atoms with Crippen molar-refractivity contribution in [1.29, 1.82) is 0 Å². The van der Waals surface area contributed by atoms with Gasteiger partial charge in [-0.2, -0.15) is 4.98 Å². The Morgan fingerprint density at radius 1 is 1.03 bits per heavy atom. The number of rotatable bonds is 7. The molecule has 1 aromatic heterocycles. The van der Waals surface area contributed by atoms with Gasteiger partial charge in [-0.25, -0.2) is 4.98 Å². The van der Waals surface area contributed by atoms with Crippen molar-refractivity contribution in [3.63, 3.8) is 0 Å². The number of nitrogens with zero attached hydrogens (tertiary/aromatic N) is 3. The van der Waals surface area contributed by atoms with Crippen LogP contribution in [0.5, 0.6) is 5.75 Å². The minimum Gasteiger partial charge on any atom is -0.489 e. The number of aliphatic hydroxyl groups is 1. The summed E-state index contributed by atoms with van der Waals surface area (Å²) in [5.74, 6) is 2.12. The fourth-order valence-electron chi connectivity index (χ4n) is 3.93. The average molecular weight is 393 g/mol. The zero-order chi connectivity index (χ0) is 20.1. The predicted molar refractivity (Wildman–Crippen MR) is 117 cm³/mol. The van der Waals surface area contributed by atoms with Crippen molar-refractivity contribution in [3.05, 3.63) is 48.5 Å². The van der Waals surface area contributed by atoms with Gasteiger partial charge < -0.3 is 20.1 Å². The monoisotopic (exact) mass is 392 g/mol. The van der Waals surface area contributed by atoms with Gasteiger partial charge in [0.25, 0.3) is 0 Å². The third-order valence-corrected chi connectivity index (χ3v) is 5.50. The van der Waals surface area contributed by atoms with Crippen LogP contribution in [0.1, 0.15) is 32.1 Å². The first-order valence-electron chi connectivity index (χ1n) is 10.4. The normalized spacial score (nSPS) is 14.7. The second-order valence-corrected chi connectivity index (χ2v) is 7.49. The van der Waals surface area contributed by atoms with Crippen LogP contribution in [-0.2, 0) is 0 Å². The second kappa shape index (κ2) is 9.09. The largest absolute Gasteiger partial charge is 0.489 e. The van der Waals surface area contributed by atoms with E-state index in [0.717, 1.165) is 22.4 Å². The topological polar surface area (TPSA) is 70.5 Å². The molecule has 0 unspecified atom stereocenters. The lowest BCUT2D eigenvalue weighted by molar-refractivity contribution is 0.202. The SMILES string of the molecule is CN(c1nc(Nc2ccccc2)c2cccc(OCCO)c2n1)C1CCCCC1. The Kier molecular flexibility index (Phi) is 6.10. The van der Waals surface area contributed by atoms with E-state index in [1.807, 2.05) is 48.5 Å². The van der Waals surface area contributed by atoms with Crippen LogP contribution in [0.15, 0.2) is 48.5 Å². The van der Waals surface area contributed by atoms with E-state index in [1.54, 1.807) is 0 Å². The van der Waals surface area contributed by atoms with E-state index in [4.69, 9.17) is 14.7 Å². The summed E-state index contributed by atoms with van der Waals surface area (Å²) in [7, 11) is 2.08. The lowest BCUT2D eigenvalue weighted by atomic mass is 9.95. The summed E-state index contributed by atoms with van der Waals surface area (Å²) < 4.78 is 5.77. The van der Waals surface area contributed by atoms with Crippen molar-refractivity contribution in [2.45, 2.75) is 38.1 Å². The smallest absolute Gasteiger partial charge is 0.228 e. The molecule has 29 heavy (non-hydrogen) atoms. The highest BCUT2D eigenvalue weighted by molar-refractivity contribution is 5.95. The maximum absolute atomic E-state index is 9.18. The molecule has 152 valence electrons. The van der Waals surface area contributed by atoms with Crippen molar-refractivity contribution in [2.24, 2.45) is 0 Å². The van der Waals surface area contributed by atoms with E-state index < -0.39 is 0 Å². The lowest BCUT2D eigenvalue weighted by Crippen LogP contribution is -2.34. The molecule has 6 heteroatoms. The van der Waals surface area contributed by atoms with Crippen LogP contribution in [0, 0.1) is 0 Å². The van der Waals surface area contributed by atoms with Gasteiger partial charge in [0.05, 0.1) is 6.61 Å². The summed E-state index contributed by atoms with van der Waals surface area (Å²) >= 11 is 0. The molecule has 1 fully saturated rings. The summed E-state index contributed by atoms with van der Waals surface area (Å²) in [4.78, 5) is 12.0. The van der Waals surface area contributed by atoms with Crippen molar-refractivity contribution >= 4 is 28.4 Å². The van der Waals surface area contributed by atoms with Crippen LogP contribution in [0.3, 0.4) is 0 Å². The molecule has 0 saturated heterocycles. The number of hydrogen-bond donors (Lipinski definition) is 2. The molecular weight excluding hydrogens is 364 g/mol. The Balaban J connectivity index is 1.78. The van der Waals surface area contributed by atoms with Crippen LogP contribution in [-0.4, -0.2) is 41.4 Å². The van der Waals surface area contributed by atoms with E-state index in [1.165, 1.54) is 32.1 Å². The average Bonchev–Trinajstić information content (AvgIpc) is 2.78. The van der Waals surface area contributed by atoms with Crippen LogP contribution in [0.25, 0.3) is 10.9 Å². The molecule has 1 heterocycles. The second-order valence-electron chi connectivity index (χ2n) is 7.49. The van der Waals surface area contributed by atoms with Crippen molar-refractivity contribution in [3.8, 4) is 5.75 Å². The van der Waals surface area contributed by atoms with Gasteiger partial charge in [-0.1, -0.05) is 43.5 Å². The van der Waals surface area contributed by atoms with Crippen molar-refractivity contribution in [2.75, 3.05) is 30.5 Å². The number of ether oxygens (including phenoxy) is 1. The van der Waals surface area contributed by atoms with Gasteiger partial charge in [-0.05, 0) is 37.1 Å². The third kappa shape index (κ3) is 4.43. The summed E-state index contributed by atoms with van der Waals surface area (Å²) in [5, 5.41) is 13.5. The minimum atomic E-state index is -0.0363. The van der Waals surface area contributed by atoms with E-state index in [-0.39, 0.29) is 13.2 Å². The maximum Gasteiger partial charge on any atom is 0.228 e. The Hall–Kier alpha value is -2.86. The number of nitrogens with one attached hydrogen (secondary N) is 1. The molecule has 0 aliphatic heterocycles. The van der Waals surface area contributed by atoms with E-state index >= 15 is 0 Å². The number of benzene rings is 2. The highest BCUT2D eigenvalue weighted by Gasteiger charge is 2.22. The van der Waals surface area contributed by atoms with Gasteiger partial charge in [0.2, 0.25) is 5.95 Å². The molecule has 2 N–H and O–H groups in total. The van der Waals surface area contributed by atoms with Crippen LogP contribution < -0.4 is 15.0 Å². The molecule has 0 amide bonds. The van der Waals surface area contributed by atoms with Gasteiger partial charge in [-0.3, -0.25) is 0 Å². The first-order valence-corrected chi connectivity index (χ1v) is 10.4. The minimum absolute atomic E-state index is 0.0363. The van der Waals surface area contributed by atoms with Crippen molar-refractivity contribution < 1.29 is 9.84 Å². The molecule has 0 radical (unpaired) electrons. The Bertz CT molecular complexity index is 942. The van der Waals surface area contributed by atoms with Gasteiger partial charge in [0.15, 0.2) is 0 Å². The summed E-state index contributed by atoms with van der Waals surface area (Å²) in [6, 6.07) is 16.3. The summed E-state index contributed by atoms with van der Waals surface area (Å²) in [6.07, 6.45) is 6.15. The van der Waals surface area contributed by atoms with E-state index in [0.29, 0.717) is 17.7 Å². The van der Waals surface area contributed by atoms with Gasteiger partial charge in [0.1, 0.15) is 23.7 Å². The summed E-state index contributed by atoms with van der Waals surface area (Å²) in [6.45, 7) is 0.198. The van der Waals surface area contributed by atoms with E-state index in [9.17, 15) is 5.11 Å². The molecule has 6 nitrogen and oxygen atoms in total. The number of fused-ring (bicyclic) bond motifs is 1. The number of aliphatic hydroxyl groups excluding tert-OH is 1. The first-order chi connectivity index (χ1) is 14.3. The number of hydrogen-bond acceptors (Lipinski definition) is 6. The number of anilines is 3. The third-order valence-electron chi connectivity index (χ3n) is 5.50. The molecule has 3 aromatic rings. The molecule has 1 aliphatic carbocycles. The molecule has 0 atom stereocenters. The summed E-state index contributed by atoms with van der Waals surface area (Å²) in [5.41, 5.74) is 1.73. The Morgan fingerprint density at radius 2 is 1.83 bits per heavy atom. The van der Waals surface area contributed by atoms with Gasteiger partial charge in [0, 0.05) is 24.2 Å². The van der Waals surface area contributed by atoms with Gasteiger partial charge in [-0.15, -0.1) is 0 Å². The molecule has 0 bridgehead atoms. The van der Waals surface area contributed by atoms with Crippen LogP contribution in [0.2, 0.25) is 0 Å². The predicted octanol–water partition coefficient (Wildman–Crippen LogP) is 4.51.